The fourth-order valence-corrected chi connectivity index (χ4v) is 3.77. The van der Waals surface area contributed by atoms with Gasteiger partial charge in [-0.1, -0.05) is 29.4 Å². The molecule has 1 aromatic carbocycles. The van der Waals surface area contributed by atoms with E-state index < -0.39 is 22.0 Å². The largest absolute Gasteiger partial charge is 0.458 e. The smallest absolute Gasteiger partial charge is 0.325 e. The maximum atomic E-state index is 12.5. The van der Waals surface area contributed by atoms with Crippen LogP contribution in [0.15, 0.2) is 34.9 Å². The van der Waals surface area contributed by atoms with E-state index in [0.717, 1.165) is 17.4 Å². The summed E-state index contributed by atoms with van der Waals surface area (Å²) in [5, 5.41) is 3.75. The molecule has 0 unspecified atom stereocenters. The van der Waals surface area contributed by atoms with Crippen LogP contribution in [-0.4, -0.2) is 36.1 Å². The summed E-state index contributed by atoms with van der Waals surface area (Å²) in [7, 11) is -3.54. The fraction of sp³-hybridized carbons (Fsp3) is 0.375. The highest BCUT2D eigenvalue weighted by Crippen LogP contribution is 2.26. The Kier molecular flexibility index (Phi) is 4.42. The summed E-state index contributed by atoms with van der Waals surface area (Å²) in [6.07, 6.45) is 1.39. The van der Waals surface area contributed by atoms with Crippen LogP contribution >= 0.6 is 0 Å². The lowest BCUT2D eigenvalue weighted by atomic mass is 9.96. The molecular weight excluding hydrogens is 332 g/mol. The van der Waals surface area contributed by atoms with Crippen LogP contribution in [0.25, 0.3) is 0 Å². The lowest BCUT2D eigenvalue weighted by Gasteiger charge is -2.33. The van der Waals surface area contributed by atoms with Gasteiger partial charge < -0.3 is 9.26 Å². The number of hydrogen-bond acceptors (Lipinski definition) is 6. The number of nitrogens with zero attached hydrogens (tertiary/aromatic N) is 2. The van der Waals surface area contributed by atoms with Crippen molar-refractivity contribution < 1.29 is 22.5 Å². The van der Waals surface area contributed by atoms with Crippen LogP contribution in [0.4, 0.5) is 0 Å². The van der Waals surface area contributed by atoms with Gasteiger partial charge in [0, 0.05) is 19.0 Å². The molecule has 0 bridgehead atoms. The first-order valence-electron chi connectivity index (χ1n) is 7.47. The monoisotopic (exact) mass is 350 g/mol. The van der Waals surface area contributed by atoms with Crippen molar-refractivity contribution in [3.8, 4) is 0 Å². The highest BCUT2D eigenvalue weighted by atomic mass is 32.2. The van der Waals surface area contributed by atoms with Gasteiger partial charge in [-0.2, -0.15) is 4.31 Å². The van der Waals surface area contributed by atoms with Crippen molar-refractivity contribution in [1.29, 1.82) is 0 Å². The zero-order chi connectivity index (χ0) is 17.3. The molecule has 1 aliphatic heterocycles. The Bertz CT molecular complexity index is 859. The predicted molar refractivity (Wildman–Crippen MR) is 85.4 cm³/mol. The van der Waals surface area contributed by atoms with Crippen LogP contribution in [0.3, 0.4) is 0 Å². The van der Waals surface area contributed by atoms with Gasteiger partial charge in [-0.3, -0.25) is 4.79 Å². The van der Waals surface area contributed by atoms with E-state index >= 15 is 0 Å². The highest BCUT2D eigenvalue weighted by molar-refractivity contribution is 7.88. The molecular formula is C16H18N2O5S. The molecule has 2 heterocycles. The predicted octanol–water partition coefficient (Wildman–Crippen LogP) is 1.41. The number of esters is 1. The summed E-state index contributed by atoms with van der Waals surface area (Å²) >= 11 is 0. The third-order valence-corrected chi connectivity index (χ3v) is 5.18. The molecule has 0 radical (unpaired) electrons. The molecule has 1 atom stereocenters. The molecule has 1 aromatic heterocycles. The Morgan fingerprint density at radius 3 is 2.71 bits per heavy atom. The second-order valence-electron chi connectivity index (χ2n) is 5.83. The average Bonchev–Trinajstić information content (AvgIpc) is 2.96. The number of benzene rings is 1. The van der Waals surface area contributed by atoms with Crippen LogP contribution in [0.2, 0.25) is 0 Å². The zero-order valence-electron chi connectivity index (χ0n) is 13.4. The van der Waals surface area contributed by atoms with Crippen molar-refractivity contribution in [3.63, 3.8) is 0 Å². The molecule has 0 N–H and O–H groups in total. The van der Waals surface area contributed by atoms with Gasteiger partial charge in [0.1, 0.15) is 24.1 Å². The van der Waals surface area contributed by atoms with Crippen molar-refractivity contribution in [3.05, 3.63) is 52.9 Å². The maximum absolute atomic E-state index is 12.5. The molecule has 0 amide bonds. The molecule has 8 heteroatoms. The number of hydrogen-bond donors (Lipinski definition) is 0. The molecule has 1 aliphatic rings. The number of carbonyl (C=O) groups is 1. The van der Waals surface area contributed by atoms with Crippen LogP contribution in [0.5, 0.6) is 0 Å². The minimum Gasteiger partial charge on any atom is -0.458 e. The second kappa shape index (κ2) is 6.37. The van der Waals surface area contributed by atoms with E-state index in [1.807, 2.05) is 24.3 Å². The quantitative estimate of drug-likeness (QED) is 0.775. The lowest BCUT2D eigenvalue weighted by Crippen LogP contribution is -2.48. The summed E-state index contributed by atoms with van der Waals surface area (Å²) < 4.78 is 35.5. The standard InChI is InChI=1S/C16H18N2O5S/c1-11-7-14(17-23-11)10-22-16(19)15-8-12-5-3-4-6-13(12)9-18(15)24(2,20)21/h3-7,15H,8-10H2,1-2H3/t15-/m0/s1. The average molecular weight is 350 g/mol. The third kappa shape index (κ3) is 3.49. The fourth-order valence-electron chi connectivity index (χ4n) is 2.78. The first-order chi connectivity index (χ1) is 11.3. The minimum atomic E-state index is -3.54. The molecule has 7 nitrogen and oxygen atoms in total. The maximum Gasteiger partial charge on any atom is 0.325 e. The van der Waals surface area contributed by atoms with Crippen LogP contribution < -0.4 is 0 Å². The first-order valence-corrected chi connectivity index (χ1v) is 9.32. The van der Waals surface area contributed by atoms with Gasteiger partial charge in [-0.05, 0) is 18.1 Å². The number of aryl methyl sites for hydroxylation is 1. The van der Waals surface area contributed by atoms with Crippen molar-refractivity contribution in [1.82, 2.24) is 9.46 Å². The Hall–Kier alpha value is -2.19. The first kappa shape index (κ1) is 16.7. The number of carbonyl (C=O) groups excluding carboxylic acids is 1. The van der Waals surface area contributed by atoms with Gasteiger partial charge >= 0.3 is 5.97 Å². The van der Waals surface area contributed by atoms with E-state index in [-0.39, 0.29) is 13.2 Å². The van der Waals surface area contributed by atoms with Crippen molar-refractivity contribution in [2.24, 2.45) is 0 Å². The van der Waals surface area contributed by atoms with Crippen molar-refractivity contribution >= 4 is 16.0 Å². The molecule has 0 saturated carbocycles. The van der Waals surface area contributed by atoms with E-state index in [0.29, 0.717) is 17.9 Å². The van der Waals surface area contributed by atoms with Crippen LogP contribution in [-0.2, 0) is 39.1 Å². The number of sulfonamides is 1. The number of rotatable bonds is 4. The molecule has 0 spiro atoms. The Morgan fingerprint density at radius 2 is 2.08 bits per heavy atom. The van der Waals surface area contributed by atoms with Crippen LogP contribution in [0.1, 0.15) is 22.6 Å². The molecule has 0 fully saturated rings. The lowest BCUT2D eigenvalue weighted by molar-refractivity contribution is -0.150. The summed E-state index contributed by atoms with van der Waals surface area (Å²) in [6.45, 7) is 1.85. The van der Waals surface area contributed by atoms with E-state index in [1.165, 1.54) is 4.31 Å². The Morgan fingerprint density at radius 1 is 1.38 bits per heavy atom. The van der Waals surface area contributed by atoms with Gasteiger partial charge in [-0.25, -0.2) is 8.42 Å². The van der Waals surface area contributed by atoms with Gasteiger partial charge in [0.05, 0.1) is 6.26 Å². The number of aromatic nitrogens is 1. The van der Waals surface area contributed by atoms with E-state index in [2.05, 4.69) is 5.16 Å². The topological polar surface area (TPSA) is 89.7 Å². The summed E-state index contributed by atoms with van der Waals surface area (Å²) in [5.74, 6) is 0.0287. The Labute approximate surface area is 140 Å². The van der Waals surface area contributed by atoms with Crippen molar-refractivity contribution in [2.45, 2.75) is 32.5 Å². The Balaban J connectivity index is 1.79. The van der Waals surface area contributed by atoms with Crippen molar-refractivity contribution in [2.75, 3.05) is 6.26 Å². The van der Waals surface area contributed by atoms with Gasteiger partial charge in [0.15, 0.2) is 0 Å². The normalized spacial score (nSPS) is 18.2. The number of fused-ring (bicyclic) bond motifs is 1. The molecule has 24 heavy (non-hydrogen) atoms. The van der Waals surface area contributed by atoms with Gasteiger partial charge in [-0.15, -0.1) is 0 Å². The minimum absolute atomic E-state index is 0.0497. The van der Waals surface area contributed by atoms with E-state index in [9.17, 15) is 13.2 Å². The van der Waals surface area contributed by atoms with E-state index in [1.54, 1.807) is 13.0 Å². The van der Waals surface area contributed by atoms with Gasteiger partial charge in [0.25, 0.3) is 0 Å². The molecule has 0 saturated heterocycles. The van der Waals surface area contributed by atoms with Crippen LogP contribution in [0, 0.1) is 6.92 Å². The SMILES string of the molecule is Cc1cc(COC(=O)[C@@H]2Cc3ccccc3CN2S(C)(=O)=O)no1. The summed E-state index contributed by atoms with van der Waals surface area (Å²) in [5.41, 5.74) is 2.35. The zero-order valence-corrected chi connectivity index (χ0v) is 14.2. The number of ether oxygens (including phenoxy) is 1. The van der Waals surface area contributed by atoms with E-state index in [4.69, 9.17) is 9.26 Å². The third-order valence-electron chi connectivity index (χ3n) is 3.94. The summed E-state index contributed by atoms with van der Waals surface area (Å²) in [4.78, 5) is 12.5. The second-order valence-corrected chi connectivity index (χ2v) is 7.77. The van der Waals surface area contributed by atoms with Gasteiger partial charge in [0.2, 0.25) is 10.0 Å². The summed E-state index contributed by atoms with van der Waals surface area (Å²) in [6, 6.07) is 8.28. The highest BCUT2D eigenvalue weighted by Gasteiger charge is 2.37. The molecule has 2 aromatic rings. The molecule has 3 rings (SSSR count). The molecule has 128 valence electrons. The molecule has 0 aliphatic carbocycles.